The van der Waals surface area contributed by atoms with Crippen molar-refractivity contribution in [2.75, 3.05) is 34.0 Å². The van der Waals surface area contributed by atoms with Crippen molar-refractivity contribution >= 4 is 5.91 Å². The first kappa shape index (κ1) is 29.4. The number of methoxy groups -OCH3 is 2. The predicted molar refractivity (Wildman–Crippen MR) is 140 cm³/mol. The maximum absolute atomic E-state index is 12.7. The molecule has 0 aliphatic heterocycles. The van der Waals surface area contributed by atoms with E-state index in [1.807, 2.05) is 19.1 Å². The van der Waals surface area contributed by atoms with E-state index >= 15 is 0 Å². The summed E-state index contributed by atoms with van der Waals surface area (Å²) in [6.07, 6.45) is 6.72. The van der Waals surface area contributed by atoms with Gasteiger partial charge in [0, 0.05) is 38.1 Å². The number of nitrogens with two attached hydrogens (primary N) is 1. The van der Waals surface area contributed by atoms with Crippen LogP contribution in [0.4, 0.5) is 0 Å². The quantitative estimate of drug-likeness (QED) is 0.319. The maximum Gasteiger partial charge on any atom is 0.226 e. The van der Waals surface area contributed by atoms with Gasteiger partial charge in [0.2, 0.25) is 5.91 Å². The van der Waals surface area contributed by atoms with E-state index in [9.17, 15) is 9.90 Å². The number of rotatable bonds is 15. The minimum absolute atomic E-state index is 0.0418. The molecule has 3 atom stereocenters. The monoisotopic (exact) mass is 492 g/mol. The number of aliphatic hydroxyl groups excluding tert-OH is 1. The molecule has 1 saturated carbocycles. The van der Waals surface area contributed by atoms with Crippen LogP contribution < -0.4 is 20.5 Å². The number of aliphatic hydroxyl groups is 1. The number of amides is 1. The highest BCUT2D eigenvalue weighted by atomic mass is 16.5. The molecule has 0 heterocycles. The van der Waals surface area contributed by atoms with Gasteiger partial charge in [-0.05, 0) is 55.2 Å². The molecule has 1 fully saturated rings. The molecule has 35 heavy (non-hydrogen) atoms. The van der Waals surface area contributed by atoms with Crippen LogP contribution in [0, 0.1) is 17.3 Å². The number of benzene rings is 1. The van der Waals surface area contributed by atoms with Crippen molar-refractivity contribution in [2.45, 2.75) is 84.3 Å². The minimum Gasteiger partial charge on any atom is -0.493 e. The number of carbonyl (C=O) groups excluding carboxylic acids is 1. The van der Waals surface area contributed by atoms with Crippen molar-refractivity contribution in [1.82, 2.24) is 5.32 Å². The molecule has 0 unspecified atom stereocenters. The lowest BCUT2D eigenvalue weighted by Gasteiger charge is -2.33. The zero-order valence-electron chi connectivity index (χ0n) is 22.5. The van der Waals surface area contributed by atoms with Crippen LogP contribution in [0.2, 0.25) is 0 Å². The molecule has 1 amide bonds. The highest BCUT2D eigenvalue weighted by Gasteiger charge is 2.35. The third kappa shape index (κ3) is 9.28. The van der Waals surface area contributed by atoms with Crippen LogP contribution in [-0.2, 0) is 16.0 Å². The van der Waals surface area contributed by atoms with Gasteiger partial charge in [-0.15, -0.1) is 0 Å². The van der Waals surface area contributed by atoms with Crippen LogP contribution >= 0.6 is 0 Å². The Morgan fingerprint density at radius 3 is 2.49 bits per heavy atom. The summed E-state index contributed by atoms with van der Waals surface area (Å²) in [7, 11) is 3.32. The van der Waals surface area contributed by atoms with Crippen molar-refractivity contribution in [3.63, 3.8) is 0 Å². The fourth-order valence-electron chi connectivity index (χ4n) is 4.87. The van der Waals surface area contributed by atoms with E-state index in [-0.39, 0.29) is 23.8 Å². The van der Waals surface area contributed by atoms with Gasteiger partial charge < -0.3 is 30.4 Å². The van der Waals surface area contributed by atoms with E-state index < -0.39 is 12.1 Å². The van der Waals surface area contributed by atoms with Crippen LogP contribution in [0.3, 0.4) is 0 Å². The highest BCUT2D eigenvalue weighted by molar-refractivity contribution is 5.82. The zero-order chi connectivity index (χ0) is 25.8. The van der Waals surface area contributed by atoms with Gasteiger partial charge in [-0.3, -0.25) is 4.79 Å². The van der Waals surface area contributed by atoms with Crippen LogP contribution in [0.1, 0.15) is 71.3 Å². The Labute approximate surface area is 212 Å². The maximum atomic E-state index is 12.7. The third-order valence-electron chi connectivity index (χ3n) is 7.47. The molecule has 200 valence electrons. The average molecular weight is 493 g/mol. The van der Waals surface area contributed by atoms with Gasteiger partial charge in [0.25, 0.3) is 0 Å². The highest BCUT2D eigenvalue weighted by Crippen LogP contribution is 2.36. The van der Waals surface area contributed by atoms with Crippen molar-refractivity contribution < 1.29 is 24.1 Å². The lowest BCUT2D eigenvalue weighted by atomic mass is 9.75. The number of nitrogens with one attached hydrogen (secondary N) is 1. The van der Waals surface area contributed by atoms with Crippen molar-refractivity contribution in [3.05, 3.63) is 23.8 Å². The molecule has 7 heteroatoms. The van der Waals surface area contributed by atoms with E-state index in [0.717, 1.165) is 49.8 Å². The van der Waals surface area contributed by atoms with Gasteiger partial charge in [0.1, 0.15) is 0 Å². The Morgan fingerprint density at radius 1 is 1.14 bits per heavy atom. The minimum atomic E-state index is -0.775. The lowest BCUT2D eigenvalue weighted by Crippen LogP contribution is -2.48. The molecule has 0 bridgehead atoms. The summed E-state index contributed by atoms with van der Waals surface area (Å²) in [5, 5.41) is 13.7. The Hall–Kier alpha value is -1.83. The van der Waals surface area contributed by atoms with Gasteiger partial charge in [-0.25, -0.2) is 0 Å². The van der Waals surface area contributed by atoms with E-state index in [2.05, 4.69) is 25.2 Å². The van der Waals surface area contributed by atoms with Gasteiger partial charge in [-0.1, -0.05) is 46.1 Å². The van der Waals surface area contributed by atoms with Crippen molar-refractivity contribution in [1.29, 1.82) is 0 Å². The van der Waals surface area contributed by atoms with Crippen molar-refractivity contribution in [3.8, 4) is 11.5 Å². The summed E-state index contributed by atoms with van der Waals surface area (Å²) in [5.41, 5.74) is 7.24. The standard InChI is InChI=1S/C28H48N2O5/c1-20(2)22(16-21-10-11-25(34-5)26(17-21)35-15-9-14-33-4)18-23(29)24(31)19-30-27(32)28(3)12-7-6-8-13-28/h10-11,17,20,22-24,31H,6-9,12-16,18-19,29H2,1-5H3,(H,30,32)/t22-,23-,24-/m0/s1. The molecule has 0 spiro atoms. The van der Waals surface area contributed by atoms with E-state index in [0.29, 0.717) is 31.3 Å². The first-order chi connectivity index (χ1) is 16.7. The molecule has 1 aliphatic carbocycles. The molecule has 1 aliphatic rings. The number of hydrogen-bond donors (Lipinski definition) is 3. The molecule has 1 aromatic carbocycles. The molecule has 4 N–H and O–H groups in total. The molecule has 1 aromatic rings. The predicted octanol–water partition coefficient (Wildman–Crippen LogP) is 4.09. The SMILES string of the molecule is COCCCOc1cc(C[C@@H](C[C@H](N)[C@@H](O)CNC(=O)C2(C)CCCCC2)C(C)C)ccc1OC. The lowest BCUT2D eigenvalue weighted by molar-refractivity contribution is -0.132. The summed E-state index contributed by atoms with van der Waals surface area (Å²) in [4.78, 5) is 12.7. The van der Waals surface area contributed by atoms with Gasteiger partial charge in [-0.2, -0.15) is 0 Å². The first-order valence-corrected chi connectivity index (χ1v) is 13.2. The molecule has 7 nitrogen and oxygen atoms in total. The average Bonchev–Trinajstić information content (AvgIpc) is 2.84. The molecular weight excluding hydrogens is 444 g/mol. The summed E-state index contributed by atoms with van der Waals surface area (Å²) in [6.45, 7) is 7.80. The molecule has 2 rings (SSSR count). The van der Waals surface area contributed by atoms with Gasteiger partial charge in [0.15, 0.2) is 11.5 Å². The van der Waals surface area contributed by atoms with Crippen LogP contribution in [0.5, 0.6) is 11.5 Å². The second-order valence-corrected chi connectivity index (χ2v) is 10.7. The molecule has 0 aromatic heterocycles. The number of ether oxygens (including phenoxy) is 3. The number of hydrogen-bond acceptors (Lipinski definition) is 6. The van der Waals surface area contributed by atoms with E-state index in [1.54, 1.807) is 14.2 Å². The normalized spacial score (nSPS) is 18.1. The summed E-state index contributed by atoms with van der Waals surface area (Å²) < 4.78 is 16.5. The van der Waals surface area contributed by atoms with Gasteiger partial charge >= 0.3 is 0 Å². The topological polar surface area (TPSA) is 103 Å². The molecule has 0 radical (unpaired) electrons. The third-order valence-corrected chi connectivity index (χ3v) is 7.47. The largest absolute Gasteiger partial charge is 0.493 e. The zero-order valence-corrected chi connectivity index (χ0v) is 22.5. The second-order valence-electron chi connectivity index (χ2n) is 10.7. The second kappa shape index (κ2) is 14.7. The molecule has 0 saturated heterocycles. The first-order valence-electron chi connectivity index (χ1n) is 13.2. The van der Waals surface area contributed by atoms with Crippen LogP contribution in [0.15, 0.2) is 18.2 Å². The fourth-order valence-corrected chi connectivity index (χ4v) is 4.87. The smallest absolute Gasteiger partial charge is 0.226 e. The Kier molecular flexibility index (Phi) is 12.3. The molecular formula is C28H48N2O5. The summed E-state index contributed by atoms with van der Waals surface area (Å²) in [5.74, 6) is 2.15. The fraction of sp³-hybridized carbons (Fsp3) is 0.750. The Balaban J connectivity index is 1.93. The van der Waals surface area contributed by atoms with Gasteiger partial charge in [0.05, 0.1) is 19.8 Å². The van der Waals surface area contributed by atoms with E-state index in [1.165, 1.54) is 6.42 Å². The van der Waals surface area contributed by atoms with Crippen LogP contribution in [-0.4, -0.2) is 57.1 Å². The Morgan fingerprint density at radius 2 is 1.86 bits per heavy atom. The number of carbonyl (C=O) groups is 1. The Bertz CT molecular complexity index is 764. The summed E-state index contributed by atoms with van der Waals surface area (Å²) >= 11 is 0. The van der Waals surface area contributed by atoms with Crippen LogP contribution in [0.25, 0.3) is 0 Å². The summed E-state index contributed by atoms with van der Waals surface area (Å²) in [6, 6.07) is 5.62. The van der Waals surface area contributed by atoms with Crippen molar-refractivity contribution in [2.24, 2.45) is 23.0 Å². The van der Waals surface area contributed by atoms with E-state index in [4.69, 9.17) is 19.9 Å².